The highest BCUT2D eigenvalue weighted by molar-refractivity contribution is 5.96. The molecule has 2 N–H and O–H groups in total. The molecular weight excluding hydrogens is 414 g/mol. The van der Waals surface area contributed by atoms with Gasteiger partial charge in [0.25, 0.3) is 0 Å². The summed E-state index contributed by atoms with van der Waals surface area (Å²) >= 11 is 0. The van der Waals surface area contributed by atoms with Gasteiger partial charge in [0.15, 0.2) is 5.82 Å². The number of hydrogen-bond acceptors (Lipinski definition) is 5. The zero-order valence-electron chi connectivity index (χ0n) is 18.2. The highest BCUT2D eigenvalue weighted by Crippen LogP contribution is 2.32. The van der Waals surface area contributed by atoms with Crippen LogP contribution >= 0.6 is 0 Å². The van der Waals surface area contributed by atoms with E-state index in [0.29, 0.717) is 10.6 Å². The number of benzene rings is 3. The smallest absolute Gasteiger partial charge is 0.325 e. The van der Waals surface area contributed by atoms with Crippen LogP contribution in [0.15, 0.2) is 78.9 Å². The van der Waals surface area contributed by atoms with Gasteiger partial charge in [0.05, 0.1) is 5.52 Å². The van der Waals surface area contributed by atoms with Crippen molar-refractivity contribution in [2.75, 3.05) is 18.2 Å². The van der Waals surface area contributed by atoms with Crippen LogP contribution in [0.2, 0.25) is 0 Å². The van der Waals surface area contributed by atoms with Crippen molar-refractivity contribution in [3.05, 3.63) is 95.6 Å². The zero-order valence-corrected chi connectivity index (χ0v) is 18.2. The molecule has 0 unspecified atom stereocenters. The first-order valence-electron chi connectivity index (χ1n) is 11.0. The Labute approximate surface area is 192 Å². The quantitative estimate of drug-likeness (QED) is 0.405. The standard InChI is InChI=1S/C27H25N3O3/c31-27(32)18-30(33)26-15-23(20-6-2-1-3-7-20)24-14-19(10-11-25(24)28-26)12-13-29-16-21-8-4-5-9-22(21)17-29/h1-11,14-15,33H,12-13,16-18H2,(H,31,32). The van der Waals surface area contributed by atoms with Crippen molar-refractivity contribution in [2.45, 2.75) is 19.5 Å². The number of aromatic nitrogens is 1. The number of hydroxylamine groups is 1. The van der Waals surface area contributed by atoms with E-state index >= 15 is 0 Å². The number of nitrogens with zero attached hydrogens (tertiary/aromatic N) is 3. The molecule has 5 rings (SSSR count). The molecule has 0 aliphatic carbocycles. The predicted molar refractivity (Wildman–Crippen MR) is 128 cm³/mol. The number of carboxylic acids is 1. The third-order valence-electron chi connectivity index (χ3n) is 6.12. The Balaban J connectivity index is 1.44. The Bertz CT molecular complexity index is 1280. The molecule has 1 aliphatic rings. The molecule has 2 heterocycles. The lowest BCUT2D eigenvalue weighted by Gasteiger charge is -2.18. The summed E-state index contributed by atoms with van der Waals surface area (Å²) in [4.78, 5) is 18.1. The summed E-state index contributed by atoms with van der Waals surface area (Å²) in [6.07, 6.45) is 0.922. The van der Waals surface area contributed by atoms with Gasteiger partial charge in [-0.05, 0) is 52.4 Å². The Kier molecular flexibility index (Phi) is 5.77. The van der Waals surface area contributed by atoms with E-state index in [1.807, 2.05) is 36.4 Å². The number of rotatable bonds is 7. The van der Waals surface area contributed by atoms with Gasteiger partial charge < -0.3 is 5.11 Å². The fraction of sp³-hybridized carbons (Fsp3) is 0.185. The van der Waals surface area contributed by atoms with Crippen molar-refractivity contribution in [2.24, 2.45) is 0 Å². The fourth-order valence-corrected chi connectivity index (χ4v) is 4.46. The highest BCUT2D eigenvalue weighted by atomic mass is 16.5. The number of carbonyl (C=O) groups is 1. The Morgan fingerprint density at radius 1 is 0.939 bits per heavy atom. The summed E-state index contributed by atoms with van der Waals surface area (Å²) in [6.45, 7) is 2.40. The zero-order chi connectivity index (χ0) is 22.8. The lowest BCUT2D eigenvalue weighted by Crippen LogP contribution is -2.26. The molecule has 166 valence electrons. The number of carboxylic acid groups (broad SMARTS) is 1. The first-order valence-corrected chi connectivity index (χ1v) is 11.0. The second-order valence-corrected chi connectivity index (χ2v) is 8.43. The average Bonchev–Trinajstić information content (AvgIpc) is 3.25. The maximum absolute atomic E-state index is 11.1. The third kappa shape index (κ3) is 4.58. The van der Waals surface area contributed by atoms with Crippen LogP contribution in [-0.2, 0) is 24.3 Å². The minimum absolute atomic E-state index is 0.214. The maximum Gasteiger partial charge on any atom is 0.325 e. The summed E-state index contributed by atoms with van der Waals surface area (Å²) in [6, 6.07) is 26.4. The summed E-state index contributed by atoms with van der Waals surface area (Å²) in [5.74, 6) is -0.911. The molecule has 0 amide bonds. The lowest BCUT2D eigenvalue weighted by molar-refractivity contribution is -0.136. The van der Waals surface area contributed by atoms with Crippen LogP contribution in [0.4, 0.5) is 5.82 Å². The van der Waals surface area contributed by atoms with Gasteiger partial charge in [-0.3, -0.25) is 14.9 Å². The van der Waals surface area contributed by atoms with Crippen LogP contribution in [0.25, 0.3) is 22.0 Å². The van der Waals surface area contributed by atoms with Crippen molar-refractivity contribution < 1.29 is 15.1 Å². The maximum atomic E-state index is 11.1. The van der Waals surface area contributed by atoms with Crippen LogP contribution in [-0.4, -0.2) is 39.3 Å². The van der Waals surface area contributed by atoms with E-state index in [0.717, 1.165) is 42.6 Å². The van der Waals surface area contributed by atoms with Gasteiger partial charge >= 0.3 is 5.97 Å². The molecule has 0 radical (unpaired) electrons. The first kappa shape index (κ1) is 21.1. The molecule has 0 fully saturated rings. The predicted octanol–water partition coefficient (Wildman–Crippen LogP) is 4.74. The van der Waals surface area contributed by atoms with E-state index in [9.17, 15) is 10.0 Å². The Morgan fingerprint density at radius 3 is 2.33 bits per heavy atom. The third-order valence-corrected chi connectivity index (χ3v) is 6.12. The van der Waals surface area contributed by atoms with Crippen LogP contribution < -0.4 is 5.06 Å². The molecule has 4 aromatic rings. The second-order valence-electron chi connectivity index (χ2n) is 8.43. The average molecular weight is 440 g/mol. The van der Waals surface area contributed by atoms with Gasteiger partial charge in [0.1, 0.15) is 6.54 Å². The van der Waals surface area contributed by atoms with Crippen molar-refractivity contribution in [1.82, 2.24) is 9.88 Å². The normalized spacial score (nSPS) is 13.2. The molecule has 1 aliphatic heterocycles. The largest absolute Gasteiger partial charge is 0.480 e. The van der Waals surface area contributed by atoms with E-state index < -0.39 is 12.5 Å². The van der Waals surface area contributed by atoms with E-state index in [1.165, 1.54) is 16.7 Å². The Hall–Kier alpha value is -3.74. The molecule has 0 saturated carbocycles. The van der Waals surface area contributed by atoms with Gasteiger partial charge in [-0.1, -0.05) is 60.7 Å². The summed E-state index contributed by atoms with van der Waals surface area (Å²) < 4.78 is 0. The monoisotopic (exact) mass is 439 g/mol. The molecule has 0 spiro atoms. The molecule has 6 heteroatoms. The Morgan fingerprint density at radius 2 is 1.64 bits per heavy atom. The van der Waals surface area contributed by atoms with Crippen molar-refractivity contribution >= 4 is 22.7 Å². The van der Waals surface area contributed by atoms with Crippen molar-refractivity contribution in [3.8, 4) is 11.1 Å². The van der Waals surface area contributed by atoms with E-state index in [-0.39, 0.29) is 5.82 Å². The minimum Gasteiger partial charge on any atom is -0.480 e. The van der Waals surface area contributed by atoms with E-state index in [4.69, 9.17) is 5.11 Å². The van der Waals surface area contributed by atoms with Crippen LogP contribution in [0.3, 0.4) is 0 Å². The fourth-order valence-electron chi connectivity index (χ4n) is 4.46. The lowest BCUT2D eigenvalue weighted by atomic mass is 9.98. The number of fused-ring (bicyclic) bond motifs is 2. The van der Waals surface area contributed by atoms with E-state index in [2.05, 4.69) is 46.3 Å². The molecule has 0 atom stereocenters. The van der Waals surface area contributed by atoms with Crippen LogP contribution in [0.1, 0.15) is 16.7 Å². The van der Waals surface area contributed by atoms with Crippen LogP contribution in [0, 0.1) is 0 Å². The van der Waals surface area contributed by atoms with Gasteiger partial charge in [-0.2, -0.15) is 0 Å². The van der Waals surface area contributed by atoms with Gasteiger partial charge in [0, 0.05) is 25.0 Å². The molecule has 1 aromatic heterocycles. The molecular formula is C27H25N3O3. The van der Waals surface area contributed by atoms with Gasteiger partial charge in [-0.25, -0.2) is 10.0 Å². The van der Waals surface area contributed by atoms with Crippen molar-refractivity contribution in [3.63, 3.8) is 0 Å². The second kappa shape index (κ2) is 9.02. The summed E-state index contributed by atoms with van der Waals surface area (Å²) in [5.41, 5.74) is 6.66. The summed E-state index contributed by atoms with van der Waals surface area (Å²) in [7, 11) is 0. The van der Waals surface area contributed by atoms with Gasteiger partial charge in [-0.15, -0.1) is 0 Å². The topological polar surface area (TPSA) is 76.9 Å². The molecule has 33 heavy (non-hydrogen) atoms. The number of pyridine rings is 1. The number of hydrogen-bond donors (Lipinski definition) is 2. The van der Waals surface area contributed by atoms with Crippen LogP contribution in [0.5, 0.6) is 0 Å². The molecule has 6 nitrogen and oxygen atoms in total. The number of anilines is 1. The minimum atomic E-state index is -1.12. The van der Waals surface area contributed by atoms with Crippen molar-refractivity contribution in [1.29, 1.82) is 0 Å². The summed E-state index contributed by atoms with van der Waals surface area (Å²) in [5, 5.41) is 21.0. The molecule has 3 aromatic carbocycles. The number of aliphatic carboxylic acids is 1. The first-order chi connectivity index (χ1) is 16.1. The van der Waals surface area contributed by atoms with Gasteiger partial charge in [0.2, 0.25) is 0 Å². The van der Waals surface area contributed by atoms with E-state index in [1.54, 1.807) is 6.07 Å². The highest BCUT2D eigenvalue weighted by Gasteiger charge is 2.18. The SMILES string of the molecule is O=C(O)CN(O)c1cc(-c2ccccc2)c2cc(CCN3Cc4ccccc4C3)ccc2n1. The molecule has 0 saturated heterocycles. The molecule has 0 bridgehead atoms.